The highest BCUT2D eigenvalue weighted by Crippen LogP contribution is 2.17. The molecular formula is C16H23N3O2. The van der Waals surface area contributed by atoms with Crippen LogP contribution >= 0.6 is 0 Å². The van der Waals surface area contributed by atoms with Gasteiger partial charge in [-0.25, -0.2) is 4.79 Å². The van der Waals surface area contributed by atoms with Crippen molar-refractivity contribution in [1.29, 1.82) is 5.26 Å². The largest absolute Gasteiger partial charge is 0.389 e. The fourth-order valence-corrected chi connectivity index (χ4v) is 1.98. The lowest BCUT2D eigenvalue weighted by atomic mass is 10.1. The van der Waals surface area contributed by atoms with Crippen molar-refractivity contribution in [3.8, 4) is 6.07 Å². The summed E-state index contributed by atoms with van der Waals surface area (Å²) in [6, 6.07) is 8.97. The van der Waals surface area contributed by atoms with Crippen LogP contribution < -0.4 is 5.32 Å². The monoisotopic (exact) mass is 289 g/mol. The number of hydrogen-bond acceptors (Lipinski definition) is 3. The quantitative estimate of drug-likeness (QED) is 0.844. The number of nitriles is 1. The maximum Gasteiger partial charge on any atom is 0.321 e. The van der Waals surface area contributed by atoms with Crippen LogP contribution in [0.25, 0.3) is 0 Å². The molecule has 0 fully saturated rings. The van der Waals surface area contributed by atoms with Crippen molar-refractivity contribution in [2.45, 2.75) is 33.3 Å². The molecule has 0 aliphatic rings. The number of anilines is 1. The summed E-state index contributed by atoms with van der Waals surface area (Å²) in [5, 5.41) is 21.1. The van der Waals surface area contributed by atoms with E-state index >= 15 is 0 Å². The number of benzene rings is 1. The van der Waals surface area contributed by atoms with Crippen molar-refractivity contribution in [3.05, 3.63) is 29.8 Å². The van der Waals surface area contributed by atoms with Crippen LogP contribution in [-0.4, -0.2) is 29.1 Å². The molecule has 0 aromatic heterocycles. The summed E-state index contributed by atoms with van der Waals surface area (Å²) >= 11 is 0. The van der Waals surface area contributed by atoms with Gasteiger partial charge in [-0.15, -0.1) is 0 Å². The fraction of sp³-hybridized carbons (Fsp3) is 0.500. The number of aliphatic hydroxyl groups is 1. The molecule has 2 N–H and O–H groups in total. The summed E-state index contributed by atoms with van der Waals surface area (Å²) in [4.78, 5) is 13.9. The summed E-state index contributed by atoms with van der Waals surface area (Å²) in [6.07, 6.45) is -0.263. The van der Waals surface area contributed by atoms with Crippen LogP contribution in [0.2, 0.25) is 0 Å². The first-order valence-electron chi connectivity index (χ1n) is 7.15. The normalized spacial score (nSPS) is 11.8. The highest BCUT2D eigenvalue weighted by molar-refractivity contribution is 5.89. The van der Waals surface area contributed by atoms with Crippen molar-refractivity contribution in [2.24, 2.45) is 5.92 Å². The molecule has 0 radical (unpaired) electrons. The molecule has 1 aromatic carbocycles. The van der Waals surface area contributed by atoms with Crippen LogP contribution in [0.1, 0.15) is 38.9 Å². The van der Waals surface area contributed by atoms with Gasteiger partial charge in [0.25, 0.3) is 0 Å². The number of nitrogens with zero attached hydrogens (tertiary/aromatic N) is 2. The molecule has 1 aromatic rings. The Morgan fingerprint density at radius 2 is 2.14 bits per heavy atom. The van der Waals surface area contributed by atoms with E-state index in [1.807, 2.05) is 19.9 Å². The van der Waals surface area contributed by atoms with E-state index < -0.39 is 6.10 Å². The maximum atomic E-state index is 12.3. The molecule has 5 nitrogen and oxygen atoms in total. The fourth-order valence-electron chi connectivity index (χ4n) is 1.98. The van der Waals surface area contributed by atoms with Crippen LogP contribution in [0.4, 0.5) is 10.5 Å². The standard InChI is InChI=1S/C16H23N3O2/c1-12(2)11-19(9-5-8-17)16(21)18-15-7-4-6-14(10-15)13(3)20/h4,6-7,10,12-13,20H,5,9,11H2,1-3H3,(H,18,21). The first-order valence-corrected chi connectivity index (χ1v) is 7.15. The zero-order chi connectivity index (χ0) is 15.8. The number of amides is 2. The van der Waals surface area contributed by atoms with E-state index in [2.05, 4.69) is 11.4 Å². The Bertz CT molecular complexity index is 506. The van der Waals surface area contributed by atoms with E-state index in [4.69, 9.17) is 5.26 Å². The minimum atomic E-state index is -0.577. The van der Waals surface area contributed by atoms with Crippen molar-refractivity contribution in [3.63, 3.8) is 0 Å². The Morgan fingerprint density at radius 3 is 2.71 bits per heavy atom. The Labute approximate surface area is 126 Å². The molecule has 1 unspecified atom stereocenters. The van der Waals surface area contributed by atoms with Crippen LogP contribution in [0.3, 0.4) is 0 Å². The van der Waals surface area contributed by atoms with Gasteiger partial charge in [0, 0.05) is 18.8 Å². The Morgan fingerprint density at radius 1 is 1.43 bits per heavy atom. The van der Waals surface area contributed by atoms with Gasteiger partial charge in [0.2, 0.25) is 0 Å². The Hall–Kier alpha value is -2.06. The maximum absolute atomic E-state index is 12.3. The van der Waals surface area contributed by atoms with Gasteiger partial charge >= 0.3 is 6.03 Å². The van der Waals surface area contributed by atoms with Gasteiger partial charge < -0.3 is 15.3 Å². The average Bonchev–Trinajstić information content (AvgIpc) is 2.43. The summed E-state index contributed by atoms with van der Waals surface area (Å²) in [7, 11) is 0. The van der Waals surface area contributed by atoms with Gasteiger partial charge in [-0.05, 0) is 30.5 Å². The Balaban J connectivity index is 2.76. The smallest absolute Gasteiger partial charge is 0.321 e. The van der Waals surface area contributed by atoms with Gasteiger partial charge in [0.05, 0.1) is 18.6 Å². The second-order valence-electron chi connectivity index (χ2n) is 5.48. The molecule has 0 bridgehead atoms. The molecule has 21 heavy (non-hydrogen) atoms. The SMILES string of the molecule is CC(C)CN(CCC#N)C(=O)Nc1cccc(C(C)O)c1. The van der Waals surface area contributed by atoms with Crippen molar-refractivity contribution in [1.82, 2.24) is 4.90 Å². The van der Waals surface area contributed by atoms with Gasteiger partial charge in [0.1, 0.15) is 0 Å². The molecule has 0 saturated carbocycles. The van der Waals surface area contributed by atoms with Crippen molar-refractivity contribution < 1.29 is 9.90 Å². The molecule has 1 rings (SSSR count). The number of nitrogens with one attached hydrogen (secondary N) is 1. The second-order valence-corrected chi connectivity index (χ2v) is 5.48. The highest BCUT2D eigenvalue weighted by atomic mass is 16.3. The van der Waals surface area contributed by atoms with Gasteiger partial charge in [0.15, 0.2) is 0 Å². The number of aliphatic hydroxyl groups excluding tert-OH is 1. The second kappa shape index (κ2) is 8.28. The molecule has 0 spiro atoms. The highest BCUT2D eigenvalue weighted by Gasteiger charge is 2.15. The predicted molar refractivity (Wildman–Crippen MR) is 82.7 cm³/mol. The number of rotatable bonds is 6. The summed E-state index contributed by atoms with van der Waals surface area (Å²) in [6.45, 7) is 6.75. The zero-order valence-corrected chi connectivity index (χ0v) is 12.8. The molecule has 0 aliphatic carbocycles. The number of carbonyl (C=O) groups excluding carboxylic acids is 1. The van der Waals surface area contributed by atoms with E-state index in [1.54, 1.807) is 30.0 Å². The zero-order valence-electron chi connectivity index (χ0n) is 12.8. The van der Waals surface area contributed by atoms with Crippen molar-refractivity contribution in [2.75, 3.05) is 18.4 Å². The summed E-state index contributed by atoms with van der Waals surface area (Å²) in [5.41, 5.74) is 1.39. The molecule has 5 heteroatoms. The first-order chi connectivity index (χ1) is 9.93. The number of hydrogen-bond donors (Lipinski definition) is 2. The Kier molecular flexibility index (Phi) is 6.70. The first kappa shape index (κ1) is 17.0. The molecular weight excluding hydrogens is 266 g/mol. The number of urea groups is 1. The molecule has 2 amide bonds. The van der Waals surface area contributed by atoms with E-state index in [-0.39, 0.29) is 6.03 Å². The third-order valence-electron chi connectivity index (χ3n) is 2.99. The van der Waals surface area contributed by atoms with Crippen LogP contribution in [0, 0.1) is 17.2 Å². The molecule has 0 heterocycles. The minimum absolute atomic E-state index is 0.221. The van der Waals surface area contributed by atoms with E-state index in [1.165, 1.54) is 0 Å². The molecule has 0 aliphatic heterocycles. The summed E-state index contributed by atoms with van der Waals surface area (Å²) in [5.74, 6) is 0.332. The van der Waals surface area contributed by atoms with Gasteiger partial charge in [-0.1, -0.05) is 26.0 Å². The third-order valence-corrected chi connectivity index (χ3v) is 2.99. The minimum Gasteiger partial charge on any atom is -0.389 e. The molecule has 114 valence electrons. The van der Waals surface area contributed by atoms with Gasteiger partial charge in [-0.3, -0.25) is 0 Å². The van der Waals surface area contributed by atoms with Gasteiger partial charge in [-0.2, -0.15) is 5.26 Å². The lowest BCUT2D eigenvalue weighted by Gasteiger charge is -2.24. The average molecular weight is 289 g/mol. The van der Waals surface area contributed by atoms with E-state index in [9.17, 15) is 9.90 Å². The van der Waals surface area contributed by atoms with E-state index in [0.29, 0.717) is 31.1 Å². The third kappa shape index (κ3) is 5.84. The molecule has 0 saturated heterocycles. The van der Waals surface area contributed by atoms with Crippen LogP contribution in [-0.2, 0) is 0 Å². The van der Waals surface area contributed by atoms with Crippen LogP contribution in [0.5, 0.6) is 0 Å². The van der Waals surface area contributed by atoms with Crippen LogP contribution in [0.15, 0.2) is 24.3 Å². The molecule has 1 atom stereocenters. The van der Waals surface area contributed by atoms with E-state index in [0.717, 1.165) is 5.56 Å². The lowest BCUT2D eigenvalue weighted by Crippen LogP contribution is -2.38. The lowest BCUT2D eigenvalue weighted by molar-refractivity contribution is 0.199. The topological polar surface area (TPSA) is 76.4 Å². The summed E-state index contributed by atoms with van der Waals surface area (Å²) < 4.78 is 0. The number of carbonyl (C=O) groups is 1. The predicted octanol–water partition coefficient (Wildman–Crippen LogP) is 3.14. The van der Waals surface area contributed by atoms with Crippen molar-refractivity contribution >= 4 is 11.7 Å².